The number of benzene rings is 1. The summed E-state index contributed by atoms with van der Waals surface area (Å²) in [7, 11) is 5.67. The van der Waals surface area contributed by atoms with E-state index in [1.165, 1.54) is 0 Å². The Morgan fingerprint density at radius 1 is 1.29 bits per heavy atom. The van der Waals surface area contributed by atoms with E-state index in [1.807, 2.05) is 39.2 Å². The van der Waals surface area contributed by atoms with Crippen LogP contribution in [-0.4, -0.2) is 39.3 Å². The molecular formula is C13H22N2O2. The lowest BCUT2D eigenvalue weighted by Crippen LogP contribution is -2.20. The van der Waals surface area contributed by atoms with Gasteiger partial charge >= 0.3 is 0 Å². The molecule has 17 heavy (non-hydrogen) atoms. The first kappa shape index (κ1) is 13.8. The van der Waals surface area contributed by atoms with Gasteiger partial charge in [-0.3, -0.25) is 0 Å². The summed E-state index contributed by atoms with van der Waals surface area (Å²) in [5.74, 6) is 1.59. The van der Waals surface area contributed by atoms with Gasteiger partial charge in [-0.2, -0.15) is 0 Å². The number of hydrogen-bond acceptors (Lipinski definition) is 4. The van der Waals surface area contributed by atoms with Gasteiger partial charge in [0.25, 0.3) is 0 Å². The second kappa shape index (κ2) is 6.47. The smallest absolute Gasteiger partial charge is 0.127 e. The molecule has 0 aromatic heterocycles. The van der Waals surface area contributed by atoms with E-state index in [-0.39, 0.29) is 6.04 Å². The highest BCUT2D eigenvalue weighted by molar-refractivity contribution is 5.46. The highest BCUT2D eigenvalue weighted by Gasteiger charge is 2.14. The SMILES string of the molecule is COc1cccc(OCCN(C)C)c1[C@@H](C)N. The van der Waals surface area contributed by atoms with Crippen LogP contribution in [0.2, 0.25) is 0 Å². The third kappa shape index (κ3) is 3.91. The first-order chi connectivity index (χ1) is 8.06. The minimum absolute atomic E-state index is 0.111. The van der Waals surface area contributed by atoms with Gasteiger partial charge in [0.15, 0.2) is 0 Å². The van der Waals surface area contributed by atoms with Gasteiger partial charge in [0, 0.05) is 12.6 Å². The first-order valence-corrected chi connectivity index (χ1v) is 5.76. The summed E-state index contributed by atoms with van der Waals surface area (Å²) in [5.41, 5.74) is 6.88. The lowest BCUT2D eigenvalue weighted by Gasteiger charge is -2.18. The number of nitrogens with two attached hydrogens (primary N) is 1. The first-order valence-electron chi connectivity index (χ1n) is 5.76. The second-order valence-corrected chi connectivity index (χ2v) is 4.31. The molecule has 0 aliphatic heterocycles. The van der Waals surface area contributed by atoms with Gasteiger partial charge < -0.3 is 20.1 Å². The molecule has 1 aromatic rings. The number of rotatable bonds is 6. The van der Waals surface area contributed by atoms with Gasteiger partial charge in [-0.1, -0.05) is 6.07 Å². The summed E-state index contributed by atoms with van der Waals surface area (Å²) in [6.45, 7) is 3.44. The van der Waals surface area contributed by atoms with E-state index in [2.05, 4.69) is 4.90 Å². The van der Waals surface area contributed by atoms with Crippen molar-refractivity contribution in [2.75, 3.05) is 34.4 Å². The lowest BCUT2D eigenvalue weighted by atomic mass is 10.1. The summed E-state index contributed by atoms with van der Waals surface area (Å²) in [5, 5.41) is 0. The van der Waals surface area contributed by atoms with Crippen LogP contribution in [0.15, 0.2) is 18.2 Å². The normalized spacial score (nSPS) is 12.6. The van der Waals surface area contributed by atoms with E-state index in [9.17, 15) is 0 Å². The molecular weight excluding hydrogens is 216 g/mol. The Balaban J connectivity index is 2.83. The Labute approximate surface area is 103 Å². The molecule has 96 valence electrons. The fourth-order valence-electron chi connectivity index (χ4n) is 1.61. The van der Waals surface area contributed by atoms with Crippen LogP contribution in [0.4, 0.5) is 0 Å². The largest absolute Gasteiger partial charge is 0.496 e. The third-order valence-corrected chi connectivity index (χ3v) is 2.50. The molecule has 0 aliphatic rings. The average molecular weight is 238 g/mol. The van der Waals surface area contributed by atoms with Crippen LogP contribution in [0.5, 0.6) is 11.5 Å². The van der Waals surface area contributed by atoms with Crippen molar-refractivity contribution in [3.63, 3.8) is 0 Å². The maximum absolute atomic E-state index is 5.95. The van der Waals surface area contributed by atoms with Crippen molar-refractivity contribution >= 4 is 0 Å². The molecule has 1 aromatic carbocycles. The maximum Gasteiger partial charge on any atom is 0.127 e. The van der Waals surface area contributed by atoms with Gasteiger partial charge in [-0.15, -0.1) is 0 Å². The summed E-state index contributed by atoms with van der Waals surface area (Å²) in [6.07, 6.45) is 0. The Morgan fingerprint density at radius 3 is 2.47 bits per heavy atom. The molecule has 0 heterocycles. The van der Waals surface area contributed by atoms with Crippen molar-refractivity contribution in [1.29, 1.82) is 0 Å². The molecule has 0 radical (unpaired) electrons. The predicted octanol–water partition coefficient (Wildman–Crippen LogP) is 1.66. The molecule has 0 saturated heterocycles. The van der Waals surface area contributed by atoms with Gasteiger partial charge in [-0.05, 0) is 33.2 Å². The topological polar surface area (TPSA) is 47.7 Å². The monoisotopic (exact) mass is 238 g/mol. The fraction of sp³-hybridized carbons (Fsp3) is 0.538. The molecule has 0 spiro atoms. The van der Waals surface area contributed by atoms with E-state index in [4.69, 9.17) is 15.2 Å². The standard InChI is InChI=1S/C13H22N2O2/c1-10(14)13-11(16-4)6-5-7-12(13)17-9-8-15(2)3/h5-7,10H,8-9,14H2,1-4H3/t10-/m1/s1. The second-order valence-electron chi connectivity index (χ2n) is 4.31. The Morgan fingerprint density at radius 2 is 1.94 bits per heavy atom. The van der Waals surface area contributed by atoms with Crippen molar-refractivity contribution in [3.8, 4) is 11.5 Å². The zero-order valence-corrected chi connectivity index (χ0v) is 11.1. The summed E-state index contributed by atoms with van der Waals surface area (Å²) < 4.78 is 11.1. The van der Waals surface area contributed by atoms with Crippen LogP contribution in [0.1, 0.15) is 18.5 Å². The summed E-state index contributed by atoms with van der Waals surface area (Å²) in [6, 6.07) is 5.63. The molecule has 0 fully saturated rings. The number of nitrogens with zero attached hydrogens (tertiary/aromatic N) is 1. The van der Waals surface area contributed by atoms with Crippen molar-refractivity contribution in [2.24, 2.45) is 5.73 Å². The highest BCUT2D eigenvalue weighted by Crippen LogP contribution is 2.32. The van der Waals surface area contributed by atoms with Crippen molar-refractivity contribution < 1.29 is 9.47 Å². The molecule has 4 heteroatoms. The molecule has 1 rings (SSSR count). The molecule has 0 unspecified atom stereocenters. The molecule has 0 amide bonds. The zero-order valence-electron chi connectivity index (χ0n) is 11.1. The summed E-state index contributed by atoms with van der Waals surface area (Å²) >= 11 is 0. The molecule has 1 atom stereocenters. The van der Waals surface area contributed by atoms with Crippen molar-refractivity contribution in [2.45, 2.75) is 13.0 Å². The number of methoxy groups -OCH3 is 1. The van der Waals surface area contributed by atoms with E-state index >= 15 is 0 Å². The van der Waals surface area contributed by atoms with E-state index < -0.39 is 0 Å². The van der Waals surface area contributed by atoms with Gasteiger partial charge in [0.1, 0.15) is 18.1 Å². The van der Waals surface area contributed by atoms with Gasteiger partial charge in [-0.25, -0.2) is 0 Å². The van der Waals surface area contributed by atoms with Crippen LogP contribution >= 0.6 is 0 Å². The average Bonchev–Trinajstić information content (AvgIpc) is 2.27. The Hall–Kier alpha value is -1.26. The molecule has 0 saturated carbocycles. The predicted molar refractivity (Wildman–Crippen MR) is 69.6 cm³/mol. The van der Waals surface area contributed by atoms with E-state index in [0.29, 0.717) is 6.61 Å². The minimum atomic E-state index is -0.111. The minimum Gasteiger partial charge on any atom is -0.496 e. The van der Waals surface area contributed by atoms with Crippen LogP contribution in [0.3, 0.4) is 0 Å². The maximum atomic E-state index is 5.95. The highest BCUT2D eigenvalue weighted by atomic mass is 16.5. The van der Waals surface area contributed by atoms with Crippen molar-refractivity contribution in [3.05, 3.63) is 23.8 Å². The molecule has 4 nitrogen and oxygen atoms in total. The van der Waals surface area contributed by atoms with Gasteiger partial charge in [0.05, 0.1) is 12.7 Å². The summed E-state index contributed by atoms with van der Waals surface area (Å²) in [4.78, 5) is 2.08. The molecule has 0 aliphatic carbocycles. The van der Waals surface area contributed by atoms with Gasteiger partial charge in [0.2, 0.25) is 0 Å². The van der Waals surface area contributed by atoms with Crippen LogP contribution < -0.4 is 15.2 Å². The molecule has 2 N–H and O–H groups in total. The third-order valence-electron chi connectivity index (χ3n) is 2.50. The van der Waals surface area contributed by atoms with Crippen LogP contribution in [-0.2, 0) is 0 Å². The lowest BCUT2D eigenvalue weighted by molar-refractivity contribution is 0.257. The van der Waals surface area contributed by atoms with Crippen LogP contribution in [0.25, 0.3) is 0 Å². The van der Waals surface area contributed by atoms with Crippen LogP contribution in [0, 0.1) is 0 Å². The fourth-order valence-corrected chi connectivity index (χ4v) is 1.61. The number of hydrogen-bond donors (Lipinski definition) is 1. The van der Waals surface area contributed by atoms with Crippen molar-refractivity contribution in [1.82, 2.24) is 4.90 Å². The molecule has 0 bridgehead atoms. The van der Waals surface area contributed by atoms with E-state index in [0.717, 1.165) is 23.6 Å². The number of ether oxygens (including phenoxy) is 2. The number of likely N-dealkylation sites (N-methyl/N-ethyl adjacent to an activating group) is 1. The Bertz CT molecular complexity index is 351. The Kier molecular flexibility index (Phi) is 5.25. The quantitative estimate of drug-likeness (QED) is 0.818. The van der Waals surface area contributed by atoms with E-state index in [1.54, 1.807) is 7.11 Å². The zero-order chi connectivity index (χ0) is 12.8.